The maximum atomic E-state index is 12.4. The summed E-state index contributed by atoms with van der Waals surface area (Å²) in [7, 11) is -3.30. The van der Waals surface area contributed by atoms with E-state index in [4.69, 9.17) is 0 Å². The summed E-state index contributed by atoms with van der Waals surface area (Å²) in [6.45, 7) is 7.11. The second-order valence-corrected chi connectivity index (χ2v) is 9.45. The van der Waals surface area contributed by atoms with E-state index in [9.17, 15) is 13.5 Å². The lowest BCUT2D eigenvalue weighted by molar-refractivity contribution is -0.0598. The SMILES string of the molecule is CCCS(=O)(=O)c1ccc2c(c1)C1(O)C(C2)SC(=NCC)N1CC. The Morgan fingerprint density at radius 3 is 2.75 bits per heavy atom. The number of thioether (sulfide) groups is 1. The van der Waals surface area contributed by atoms with E-state index in [1.165, 1.54) is 0 Å². The number of rotatable bonds is 5. The van der Waals surface area contributed by atoms with Crippen molar-refractivity contribution in [1.82, 2.24) is 4.90 Å². The zero-order valence-electron chi connectivity index (χ0n) is 14.3. The molecule has 132 valence electrons. The van der Waals surface area contributed by atoms with Crippen molar-refractivity contribution in [2.75, 3.05) is 18.8 Å². The number of amidine groups is 1. The largest absolute Gasteiger partial charge is 0.366 e. The Morgan fingerprint density at radius 2 is 2.12 bits per heavy atom. The second-order valence-electron chi connectivity index (χ2n) is 6.18. The first-order valence-electron chi connectivity index (χ1n) is 8.45. The average Bonchev–Trinajstić information content (AvgIpc) is 2.95. The van der Waals surface area contributed by atoms with E-state index in [0.29, 0.717) is 24.4 Å². The highest BCUT2D eigenvalue weighted by Gasteiger charge is 2.56. The lowest BCUT2D eigenvalue weighted by Gasteiger charge is -2.34. The summed E-state index contributed by atoms with van der Waals surface area (Å²) >= 11 is 1.59. The van der Waals surface area contributed by atoms with Gasteiger partial charge in [-0.3, -0.25) is 4.99 Å². The number of sulfone groups is 1. The van der Waals surface area contributed by atoms with Crippen LogP contribution in [0.5, 0.6) is 0 Å². The maximum absolute atomic E-state index is 12.4. The molecule has 0 radical (unpaired) electrons. The van der Waals surface area contributed by atoms with Crippen molar-refractivity contribution in [3.05, 3.63) is 29.3 Å². The summed E-state index contributed by atoms with van der Waals surface area (Å²) in [6, 6.07) is 5.22. The van der Waals surface area contributed by atoms with Crippen molar-refractivity contribution < 1.29 is 13.5 Å². The number of aliphatic hydroxyl groups is 1. The van der Waals surface area contributed by atoms with Gasteiger partial charge in [0.25, 0.3) is 0 Å². The highest BCUT2D eigenvalue weighted by atomic mass is 32.2. The number of hydrogen-bond acceptors (Lipinski definition) is 5. The highest BCUT2D eigenvalue weighted by Crippen LogP contribution is 2.52. The van der Waals surface area contributed by atoms with Gasteiger partial charge in [0.05, 0.1) is 15.9 Å². The van der Waals surface area contributed by atoms with Gasteiger partial charge in [0, 0.05) is 18.7 Å². The van der Waals surface area contributed by atoms with Gasteiger partial charge in [-0.15, -0.1) is 0 Å². The predicted octanol–water partition coefficient (Wildman–Crippen LogP) is 2.38. The zero-order chi connectivity index (χ0) is 17.5. The van der Waals surface area contributed by atoms with Gasteiger partial charge in [-0.2, -0.15) is 0 Å². The van der Waals surface area contributed by atoms with Crippen molar-refractivity contribution in [2.24, 2.45) is 4.99 Å². The fourth-order valence-corrected chi connectivity index (χ4v) is 6.47. The van der Waals surface area contributed by atoms with Crippen LogP contribution in [0.25, 0.3) is 0 Å². The molecule has 1 aromatic carbocycles. The van der Waals surface area contributed by atoms with Crippen LogP contribution in [0, 0.1) is 0 Å². The third-order valence-electron chi connectivity index (χ3n) is 4.66. The summed E-state index contributed by atoms with van der Waals surface area (Å²) in [5.41, 5.74) is 0.584. The Labute approximate surface area is 148 Å². The quantitative estimate of drug-likeness (QED) is 0.864. The molecule has 1 N–H and O–H groups in total. The summed E-state index contributed by atoms with van der Waals surface area (Å²) in [4.78, 5) is 6.72. The zero-order valence-corrected chi connectivity index (χ0v) is 16.0. The minimum Gasteiger partial charge on any atom is -0.366 e. The molecule has 1 aliphatic heterocycles. The van der Waals surface area contributed by atoms with Crippen molar-refractivity contribution in [1.29, 1.82) is 0 Å². The number of nitrogens with zero attached hydrogens (tertiary/aromatic N) is 2. The van der Waals surface area contributed by atoms with Gasteiger partial charge in [-0.1, -0.05) is 24.8 Å². The number of hydrogen-bond donors (Lipinski definition) is 1. The Hall–Kier alpha value is -1.05. The van der Waals surface area contributed by atoms with E-state index in [0.717, 1.165) is 22.7 Å². The molecule has 2 unspecified atom stereocenters. The van der Waals surface area contributed by atoms with Crippen molar-refractivity contribution >= 4 is 26.8 Å². The lowest BCUT2D eigenvalue weighted by atomic mass is 10.0. The van der Waals surface area contributed by atoms with Crippen molar-refractivity contribution in [2.45, 2.75) is 49.5 Å². The molecular formula is C17H24N2O3S2. The third-order valence-corrected chi connectivity index (χ3v) is 7.92. The molecule has 5 nitrogen and oxygen atoms in total. The minimum absolute atomic E-state index is 0.0399. The smallest absolute Gasteiger partial charge is 0.179 e. The van der Waals surface area contributed by atoms with Gasteiger partial charge in [0.2, 0.25) is 0 Å². The fourth-order valence-electron chi connectivity index (χ4n) is 3.59. The van der Waals surface area contributed by atoms with Gasteiger partial charge in [-0.05, 0) is 44.4 Å². The van der Waals surface area contributed by atoms with Crippen LogP contribution >= 0.6 is 11.8 Å². The van der Waals surface area contributed by atoms with E-state index in [-0.39, 0.29) is 11.0 Å². The molecule has 0 bridgehead atoms. The standard InChI is InChI=1S/C17H24N2O3S2/c1-4-9-24(21,22)13-8-7-12-10-15-17(20,14(12)11-13)19(6-3)16(23-15)18-5-2/h7-8,11,15,20H,4-6,9-10H2,1-3H3. The van der Waals surface area contributed by atoms with Crippen LogP contribution in [0.15, 0.2) is 28.1 Å². The third kappa shape index (κ3) is 2.57. The van der Waals surface area contributed by atoms with Crippen LogP contribution in [0.2, 0.25) is 0 Å². The van der Waals surface area contributed by atoms with Crippen LogP contribution in [0.3, 0.4) is 0 Å². The maximum Gasteiger partial charge on any atom is 0.179 e. The molecule has 0 saturated carbocycles. The average molecular weight is 369 g/mol. The number of fused-ring (bicyclic) bond motifs is 3. The Kier molecular flexibility index (Phi) is 4.70. The Bertz CT molecular complexity index is 776. The molecule has 0 amide bonds. The van der Waals surface area contributed by atoms with Crippen LogP contribution in [0.4, 0.5) is 0 Å². The van der Waals surface area contributed by atoms with Crippen LogP contribution < -0.4 is 0 Å². The molecule has 0 spiro atoms. The van der Waals surface area contributed by atoms with Gasteiger partial charge >= 0.3 is 0 Å². The molecule has 1 aliphatic carbocycles. The molecule has 1 fully saturated rings. The van der Waals surface area contributed by atoms with E-state index < -0.39 is 15.6 Å². The van der Waals surface area contributed by atoms with E-state index in [1.807, 2.05) is 31.7 Å². The van der Waals surface area contributed by atoms with Crippen LogP contribution in [-0.2, 0) is 22.0 Å². The highest BCUT2D eigenvalue weighted by molar-refractivity contribution is 8.14. The van der Waals surface area contributed by atoms with E-state index in [2.05, 4.69) is 4.99 Å². The minimum atomic E-state index is -3.30. The molecule has 7 heteroatoms. The first-order valence-corrected chi connectivity index (χ1v) is 11.0. The monoisotopic (exact) mass is 368 g/mol. The lowest BCUT2D eigenvalue weighted by Crippen LogP contribution is -2.46. The van der Waals surface area contributed by atoms with E-state index in [1.54, 1.807) is 23.9 Å². The van der Waals surface area contributed by atoms with E-state index >= 15 is 0 Å². The van der Waals surface area contributed by atoms with Crippen molar-refractivity contribution in [3.8, 4) is 0 Å². The molecule has 3 rings (SSSR count). The van der Waals surface area contributed by atoms with Gasteiger partial charge in [-0.25, -0.2) is 8.42 Å². The molecule has 1 aromatic rings. The van der Waals surface area contributed by atoms with Crippen LogP contribution in [0.1, 0.15) is 38.3 Å². The molecule has 0 aromatic heterocycles. The van der Waals surface area contributed by atoms with Gasteiger partial charge in [0.15, 0.2) is 20.7 Å². The number of aliphatic imine (C=N–C) groups is 1. The van der Waals surface area contributed by atoms with Gasteiger partial charge in [0.1, 0.15) is 0 Å². The first-order chi connectivity index (χ1) is 11.4. The summed E-state index contributed by atoms with van der Waals surface area (Å²) in [6.07, 6.45) is 1.31. The van der Waals surface area contributed by atoms with Crippen molar-refractivity contribution in [3.63, 3.8) is 0 Å². The molecular weight excluding hydrogens is 344 g/mol. The summed E-state index contributed by atoms with van der Waals surface area (Å²) in [5, 5.41) is 12.3. The van der Waals surface area contributed by atoms with Crippen LogP contribution in [-0.4, -0.2) is 47.7 Å². The molecule has 1 heterocycles. The summed E-state index contributed by atoms with van der Waals surface area (Å²) < 4.78 is 24.8. The fraction of sp³-hybridized carbons (Fsp3) is 0.588. The number of benzene rings is 1. The first kappa shape index (κ1) is 17.8. The molecule has 2 aliphatic rings. The topological polar surface area (TPSA) is 70.0 Å². The molecule has 2 atom stereocenters. The second kappa shape index (κ2) is 6.35. The molecule has 1 saturated heterocycles. The Balaban J connectivity index is 2.09. The Morgan fingerprint density at radius 1 is 1.38 bits per heavy atom. The van der Waals surface area contributed by atoms with Gasteiger partial charge < -0.3 is 10.0 Å². The normalized spacial score (nSPS) is 27.6. The molecule has 24 heavy (non-hydrogen) atoms. The predicted molar refractivity (Wildman–Crippen MR) is 98.1 cm³/mol. The summed E-state index contributed by atoms with van der Waals surface area (Å²) in [5.74, 6) is 0.127.